The van der Waals surface area contributed by atoms with Crippen molar-refractivity contribution in [1.29, 1.82) is 5.41 Å². The fourth-order valence-corrected chi connectivity index (χ4v) is 4.52. The highest BCUT2D eigenvalue weighted by Crippen LogP contribution is 2.28. The predicted octanol–water partition coefficient (Wildman–Crippen LogP) is 5.81. The third-order valence-electron chi connectivity index (χ3n) is 5.90. The lowest BCUT2D eigenvalue weighted by Gasteiger charge is -2.24. The highest BCUT2D eigenvalue weighted by atomic mass is 32.2. The number of thioether (sulfide) groups is 1. The van der Waals surface area contributed by atoms with Crippen LogP contribution < -0.4 is 15.0 Å². The van der Waals surface area contributed by atoms with Crippen LogP contribution in [0.4, 0.5) is 11.4 Å². The van der Waals surface area contributed by atoms with Crippen LogP contribution in [0.1, 0.15) is 77.2 Å². The minimum atomic E-state index is -0.870. The Balaban J connectivity index is 2.23. The predicted molar refractivity (Wildman–Crippen MR) is 154 cm³/mol. The van der Waals surface area contributed by atoms with Crippen molar-refractivity contribution >= 4 is 40.7 Å². The maximum atomic E-state index is 13.4. The number of aromatic nitrogens is 2. The SMILES string of the molecule is CCCCCCCN(C(=O)COc1nc(CC)nc(C(=N)CCC)c1NC)c1ccc(SCC(=O)O)cc1. The van der Waals surface area contributed by atoms with Gasteiger partial charge in [-0.05, 0) is 37.1 Å². The van der Waals surface area contributed by atoms with E-state index in [9.17, 15) is 9.59 Å². The summed E-state index contributed by atoms with van der Waals surface area (Å²) in [5.74, 6) is -0.256. The van der Waals surface area contributed by atoms with Crippen molar-refractivity contribution in [2.45, 2.75) is 77.0 Å². The van der Waals surface area contributed by atoms with Gasteiger partial charge in [0.15, 0.2) is 6.61 Å². The van der Waals surface area contributed by atoms with Crippen molar-refractivity contribution in [3.05, 3.63) is 35.8 Å². The number of aryl methyl sites for hydroxylation is 1. The van der Waals surface area contributed by atoms with Crippen LogP contribution >= 0.6 is 11.8 Å². The summed E-state index contributed by atoms with van der Waals surface area (Å²) in [7, 11) is 1.73. The zero-order chi connectivity index (χ0) is 27.9. The van der Waals surface area contributed by atoms with Crippen molar-refractivity contribution in [2.75, 3.05) is 36.2 Å². The van der Waals surface area contributed by atoms with Gasteiger partial charge in [0.05, 0.1) is 11.5 Å². The monoisotopic (exact) mass is 543 g/mol. The number of carboxylic acid groups (broad SMARTS) is 1. The molecule has 0 fully saturated rings. The molecule has 3 N–H and O–H groups in total. The number of unbranched alkanes of at least 4 members (excludes halogenated alkanes) is 4. The Labute approximate surface area is 230 Å². The number of hydrogen-bond acceptors (Lipinski definition) is 8. The third-order valence-corrected chi connectivity index (χ3v) is 6.90. The molecule has 1 aromatic carbocycles. The molecule has 2 rings (SSSR count). The van der Waals surface area contributed by atoms with E-state index in [1.807, 2.05) is 38.1 Å². The number of nitrogens with one attached hydrogen (secondary N) is 2. The highest BCUT2D eigenvalue weighted by molar-refractivity contribution is 8.00. The van der Waals surface area contributed by atoms with Crippen LogP contribution in [0.5, 0.6) is 5.88 Å². The minimum Gasteiger partial charge on any atom is -0.481 e. The summed E-state index contributed by atoms with van der Waals surface area (Å²) < 4.78 is 5.97. The van der Waals surface area contributed by atoms with Gasteiger partial charge in [0.25, 0.3) is 5.91 Å². The quantitative estimate of drug-likeness (QED) is 0.122. The Morgan fingerprint density at radius 2 is 1.76 bits per heavy atom. The van der Waals surface area contributed by atoms with Crippen molar-refractivity contribution in [3.63, 3.8) is 0 Å². The summed E-state index contributed by atoms with van der Waals surface area (Å²) in [4.78, 5) is 35.9. The van der Waals surface area contributed by atoms with Crippen molar-refractivity contribution < 1.29 is 19.4 Å². The van der Waals surface area contributed by atoms with Crippen LogP contribution in [0.25, 0.3) is 0 Å². The van der Waals surface area contributed by atoms with Crippen LogP contribution in [0.2, 0.25) is 0 Å². The van der Waals surface area contributed by atoms with Crippen LogP contribution in [0, 0.1) is 5.41 Å². The molecule has 0 saturated heterocycles. The lowest BCUT2D eigenvalue weighted by molar-refractivity contribution is -0.133. The summed E-state index contributed by atoms with van der Waals surface area (Å²) in [6, 6.07) is 7.36. The molecule has 0 aliphatic rings. The average Bonchev–Trinajstić information content (AvgIpc) is 2.92. The number of amides is 1. The Morgan fingerprint density at radius 1 is 1.05 bits per heavy atom. The number of carbonyl (C=O) groups is 2. The molecule has 0 aliphatic heterocycles. The van der Waals surface area contributed by atoms with Gasteiger partial charge >= 0.3 is 5.97 Å². The third kappa shape index (κ3) is 9.63. The van der Waals surface area contributed by atoms with Crippen molar-refractivity contribution in [2.24, 2.45) is 0 Å². The first-order valence-electron chi connectivity index (χ1n) is 13.4. The molecule has 10 heteroatoms. The molecule has 0 bridgehead atoms. The van der Waals surface area contributed by atoms with E-state index in [1.54, 1.807) is 11.9 Å². The van der Waals surface area contributed by atoms with Gasteiger partial charge in [0.2, 0.25) is 5.88 Å². The van der Waals surface area contributed by atoms with E-state index in [2.05, 4.69) is 22.2 Å². The van der Waals surface area contributed by atoms with Gasteiger partial charge in [-0.1, -0.05) is 52.9 Å². The zero-order valence-corrected chi connectivity index (χ0v) is 23.8. The molecule has 0 aliphatic carbocycles. The maximum absolute atomic E-state index is 13.4. The minimum absolute atomic E-state index is 0.0164. The largest absolute Gasteiger partial charge is 0.481 e. The van der Waals surface area contributed by atoms with E-state index in [1.165, 1.54) is 18.2 Å². The lowest BCUT2D eigenvalue weighted by atomic mass is 10.1. The molecule has 2 aromatic rings. The maximum Gasteiger partial charge on any atom is 0.313 e. The second-order valence-corrected chi connectivity index (χ2v) is 9.97. The molecule has 38 heavy (non-hydrogen) atoms. The number of ether oxygens (including phenoxy) is 1. The van der Waals surface area contributed by atoms with E-state index in [0.717, 1.165) is 42.7 Å². The van der Waals surface area contributed by atoms with E-state index in [0.29, 0.717) is 42.3 Å². The molecule has 0 spiro atoms. The summed E-state index contributed by atoms with van der Waals surface area (Å²) in [6.45, 7) is 6.47. The van der Waals surface area contributed by atoms with Gasteiger partial charge in [-0.25, -0.2) is 4.98 Å². The number of aliphatic carboxylic acids is 1. The summed E-state index contributed by atoms with van der Waals surface area (Å²) >= 11 is 1.24. The number of rotatable bonds is 18. The summed E-state index contributed by atoms with van der Waals surface area (Å²) in [6.07, 6.45) is 7.33. The second-order valence-electron chi connectivity index (χ2n) is 8.93. The van der Waals surface area contributed by atoms with Gasteiger partial charge in [-0.2, -0.15) is 4.98 Å². The van der Waals surface area contributed by atoms with Crippen molar-refractivity contribution in [1.82, 2.24) is 9.97 Å². The molecule has 0 radical (unpaired) electrons. The van der Waals surface area contributed by atoms with Crippen molar-refractivity contribution in [3.8, 4) is 5.88 Å². The highest BCUT2D eigenvalue weighted by Gasteiger charge is 2.21. The fourth-order valence-electron chi connectivity index (χ4n) is 3.91. The first-order chi connectivity index (χ1) is 18.3. The smallest absolute Gasteiger partial charge is 0.313 e. The Bertz CT molecular complexity index is 1060. The van der Waals surface area contributed by atoms with E-state index >= 15 is 0 Å². The zero-order valence-electron chi connectivity index (χ0n) is 23.0. The number of anilines is 2. The fraction of sp³-hybridized carbons (Fsp3) is 0.536. The average molecular weight is 544 g/mol. The molecule has 0 unspecified atom stereocenters. The second kappa shape index (κ2) is 16.7. The molecular formula is C28H41N5O4S. The first kappa shape index (κ1) is 31.1. The molecule has 0 saturated carbocycles. The number of hydrogen-bond donors (Lipinski definition) is 3. The van der Waals surface area contributed by atoms with Gasteiger partial charge in [-0.3, -0.25) is 9.59 Å². The summed E-state index contributed by atoms with van der Waals surface area (Å²) in [5.41, 5.74) is 2.16. The van der Waals surface area contributed by atoms with Gasteiger partial charge in [0, 0.05) is 30.6 Å². The number of carboxylic acids is 1. The first-order valence-corrected chi connectivity index (χ1v) is 14.4. The number of nitrogens with zero attached hydrogens (tertiary/aromatic N) is 3. The Hall–Kier alpha value is -3.14. The molecule has 1 amide bonds. The summed E-state index contributed by atoms with van der Waals surface area (Å²) in [5, 5.41) is 20.4. The van der Waals surface area contributed by atoms with E-state index in [-0.39, 0.29) is 24.1 Å². The Morgan fingerprint density at radius 3 is 2.37 bits per heavy atom. The molecule has 1 heterocycles. The van der Waals surface area contributed by atoms with E-state index in [4.69, 9.17) is 15.3 Å². The molecule has 0 atom stereocenters. The van der Waals surface area contributed by atoms with Crippen LogP contribution in [-0.4, -0.2) is 58.6 Å². The Kier molecular flexibility index (Phi) is 13.6. The van der Waals surface area contributed by atoms with E-state index < -0.39 is 5.97 Å². The lowest BCUT2D eigenvalue weighted by Crippen LogP contribution is -2.36. The van der Waals surface area contributed by atoms with Gasteiger partial charge in [-0.15, -0.1) is 11.8 Å². The molecular weight excluding hydrogens is 502 g/mol. The van der Waals surface area contributed by atoms with Gasteiger partial charge in [0.1, 0.15) is 17.2 Å². The molecule has 9 nitrogen and oxygen atoms in total. The topological polar surface area (TPSA) is 128 Å². The number of benzene rings is 1. The molecule has 1 aromatic heterocycles. The number of carbonyl (C=O) groups excluding carboxylic acids is 1. The van der Waals surface area contributed by atoms with Gasteiger partial charge < -0.3 is 25.5 Å². The molecule has 208 valence electrons. The van der Waals surface area contributed by atoms with Crippen LogP contribution in [0.3, 0.4) is 0 Å². The van der Waals surface area contributed by atoms with Crippen LogP contribution in [0.15, 0.2) is 29.2 Å². The van der Waals surface area contributed by atoms with Crippen LogP contribution in [-0.2, 0) is 16.0 Å². The normalized spacial score (nSPS) is 10.7. The standard InChI is InChI=1S/C28H41N5O4S/c1-5-8-9-10-11-17-33(20-13-15-21(16-14-20)38-19-25(35)36)24(34)18-37-28-27(30-4)26(22(29)12-6-2)31-23(7-3)32-28/h13-16,29-30H,5-12,17-19H2,1-4H3,(H,35,36).